The Hall–Kier alpha value is -0.650. The molecule has 0 heterocycles. The number of nitrogens with zero attached hydrogens (tertiary/aromatic N) is 1. The smallest absolute Gasteiger partial charge is 0.238 e. The van der Waals surface area contributed by atoms with Crippen LogP contribution in [0.1, 0.15) is 32.6 Å². The normalized spacial score (nSPS) is 14.9. The van der Waals surface area contributed by atoms with Crippen LogP contribution in [0.3, 0.4) is 0 Å². The molecule has 1 unspecified atom stereocenters. The van der Waals surface area contributed by atoms with Crippen LogP contribution < -0.4 is 16.8 Å². The Bertz CT molecular complexity index is 196. The van der Waals surface area contributed by atoms with Crippen LogP contribution in [0.25, 0.3) is 0 Å². The molecule has 0 spiro atoms. The van der Waals surface area contributed by atoms with Gasteiger partial charge in [0.15, 0.2) is 0 Å². The summed E-state index contributed by atoms with van der Waals surface area (Å²) in [5, 5.41) is 2.92. The van der Waals surface area contributed by atoms with Gasteiger partial charge in [-0.15, -0.1) is 0 Å². The highest BCUT2D eigenvalue weighted by molar-refractivity contribution is 5.81. The summed E-state index contributed by atoms with van der Waals surface area (Å²) in [5.74, 6) is -0.0717. The molecule has 5 heteroatoms. The first-order chi connectivity index (χ1) is 7.52. The lowest BCUT2D eigenvalue weighted by atomic mass is 10.1. The molecule has 0 fully saturated rings. The fourth-order valence-electron chi connectivity index (χ4n) is 1.51. The molecule has 0 aromatic heterocycles. The van der Waals surface area contributed by atoms with E-state index in [4.69, 9.17) is 11.5 Å². The topological polar surface area (TPSA) is 84.4 Å². The summed E-state index contributed by atoms with van der Waals surface area (Å²) in [6.07, 6.45) is 3.46. The van der Waals surface area contributed by atoms with Crippen LogP contribution in [0, 0.1) is 0 Å². The van der Waals surface area contributed by atoms with Crippen molar-refractivity contribution in [3.8, 4) is 0 Å². The zero-order valence-electron chi connectivity index (χ0n) is 10.7. The minimum Gasteiger partial charge on any atom is -0.339 e. The highest BCUT2D eigenvalue weighted by Gasteiger charge is 2.17. The van der Waals surface area contributed by atoms with E-state index in [1.54, 1.807) is 0 Å². The van der Waals surface area contributed by atoms with Crippen LogP contribution in [0.15, 0.2) is 0 Å². The van der Waals surface area contributed by atoms with Crippen molar-refractivity contribution in [1.82, 2.24) is 10.2 Å². The van der Waals surface area contributed by atoms with Crippen LogP contribution in [0.5, 0.6) is 0 Å². The highest BCUT2D eigenvalue weighted by Crippen LogP contribution is 2.00. The predicted molar refractivity (Wildman–Crippen MR) is 66.8 cm³/mol. The van der Waals surface area contributed by atoms with E-state index >= 15 is 0 Å². The summed E-state index contributed by atoms with van der Waals surface area (Å²) < 4.78 is 0. The van der Waals surface area contributed by atoms with Crippen molar-refractivity contribution < 1.29 is 4.79 Å². The molecule has 0 saturated carbocycles. The third-order valence-corrected chi connectivity index (χ3v) is 2.62. The molecule has 0 radical (unpaired) electrons. The van der Waals surface area contributed by atoms with E-state index in [1.165, 1.54) is 0 Å². The maximum atomic E-state index is 11.7. The second-order valence-corrected chi connectivity index (χ2v) is 4.29. The molecule has 0 aliphatic carbocycles. The van der Waals surface area contributed by atoms with E-state index in [1.807, 2.05) is 25.9 Å². The predicted octanol–water partition coefficient (Wildman–Crippen LogP) is -0.143. The van der Waals surface area contributed by atoms with E-state index in [0.717, 1.165) is 19.3 Å². The number of rotatable bonds is 8. The van der Waals surface area contributed by atoms with Gasteiger partial charge in [0.2, 0.25) is 5.91 Å². The second kappa shape index (κ2) is 8.50. The van der Waals surface area contributed by atoms with E-state index in [-0.39, 0.29) is 12.1 Å². The van der Waals surface area contributed by atoms with Gasteiger partial charge in [0.25, 0.3) is 0 Å². The summed E-state index contributed by atoms with van der Waals surface area (Å²) >= 11 is 0. The van der Waals surface area contributed by atoms with Crippen molar-refractivity contribution in [2.75, 3.05) is 20.6 Å². The van der Waals surface area contributed by atoms with Crippen molar-refractivity contribution in [2.45, 2.75) is 44.8 Å². The van der Waals surface area contributed by atoms with E-state index in [0.29, 0.717) is 13.0 Å². The van der Waals surface area contributed by atoms with Crippen molar-refractivity contribution in [3.05, 3.63) is 0 Å². The second-order valence-electron chi connectivity index (χ2n) is 4.29. The molecule has 16 heavy (non-hydrogen) atoms. The van der Waals surface area contributed by atoms with Crippen molar-refractivity contribution in [1.29, 1.82) is 0 Å². The Morgan fingerprint density at radius 1 is 1.38 bits per heavy atom. The summed E-state index contributed by atoms with van der Waals surface area (Å²) in [6, 6.07) is -0.416. The van der Waals surface area contributed by atoms with Crippen molar-refractivity contribution in [2.24, 2.45) is 11.5 Å². The number of amides is 1. The minimum atomic E-state index is -0.416. The third-order valence-electron chi connectivity index (χ3n) is 2.62. The van der Waals surface area contributed by atoms with Gasteiger partial charge in [0, 0.05) is 0 Å². The molecule has 0 bridgehead atoms. The van der Waals surface area contributed by atoms with Gasteiger partial charge in [-0.25, -0.2) is 0 Å². The average Bonchev–Trinajstić information content (AvgIpc) is 2.25. The van der Waals surface area contributed by atoms with Crippen LogP contribution in [-0.4, -0.2) is 43.7 Å². The summed E-state index contributed by atoms with van der Waals surface area (Å²) in [6.45, 7) is 2.69. The summed E-state index contributed by atoms with van der Waals surface area (Å²) in [5.41, 5.74) is 11.2. The monoisotopic (exact) mass is 230 g/mol. The maximum absolute atomic E-state index is 11.7. The number of nitrogens with one attached hydrogen (secondary N) is 1. The van der Waals surface area contributed by atoms with Gasteiger partial charge in [-0.2, -0.15) is 0 Å². The number of unbranched alkanes of at least 4 members (excludes halogenated alkanes) is 1. The Morgan fingerprint density at radius 3 is 2.44 bits per heavy atom. The molecule has 2 atom stereocenters. The fraction of sp³-hybridized carbons (Fsp3) is 0.909. The van der Waals surface area contributed by atoms with Crippen molar-refractivity contribution >= 4 is 5.91 Å². The summed E-state index contributed by atoms with van der Waals surface area (Å²) in [4.78, 5) is 13.7. The zero-order valence-corrected chi connectivity index (χ0v) is 10.7. The van der Waals surface area contributed by atoms with Gasteiger partial charge in [-0.3, -0.25) is 9.69 Å². The lowest BCUT2D eigenvalue weighted by molar-refractivity contribution is -0.124. The molecule has 5 nitrogen and oxygen atoms in total. The highest BCUT2D eigenvalue weighted by atomic mass is 16.2. The fourth-order valence-corrected chi connectivity index (χ4v) is 1.51. The Morgan fingerprint density at radius 2 is 2.00 bits per heavy atom. The molecular weight excluding hydrogens is 204 g/mol. The first kappa shape index (κ1) is 15.3. The van der Waals surface area contributed by atoms with E-state index < -0.39 is 6.04 Å². The molecule has 96 valence electrons. The third kappa shape index (κ3) is 6.05. The standard InChI is InChI=1S/C11H26N4O/c1-4-10(15(2)3)14-11(16)9(13)7-5-6-8-12/h9-10H,4-8,12-13H2,1-3H3,(H,14,16)/t9-,10?/m0/s1. The Balaban J connectivity index is 3.93. The quantitative estimate of drug-likeness (QED) is 0.400. The number of hydrogen-bond acceptors (Lipinski definition) is 4. The van der Waals surface area contributed by atoms with Crippen LogP contribution in [-0.2, 0) is 4.79 Å². The van der Waals surface area contributed by atoms with Crippen LogP contribution in [0.2, 0.25) is 0 Å². The van der Waals surface area contributed by atoms with E-state index in [2.05, 4.69) is 5.32 Å². The SMILES string of the molecule is CCC(NC(=O)[C@@H](N)CCCCN)N(C)C. The Labute approximate surface area is 98.5 Å². The first-order valence-corrected chi connectivity index (χ1v) is 5.95. The van der Waals surface area contributed by atoms with Gasteiger partial charge >= 0.3 is 0 Å². The molecule has 1 amide bonds. The molecule has 0 saturated heterocycles. The first-order valence-electron chi connectivity index (χ1n) is 5.95. The average molecular weight is 230 g/mol. The van der Waals surface area contributed by atoms with Gasteiger partial charge in [0.1, 0.15) is 0 Å². The van der Waals surface area contributed by atoms with Gasteiger partial charge in [-0.1, -0.05) is 13.3 Å². The Kier molecular flexibility index (Phi) is 8.15. The molecule has 0 aromatic carbocycles. The van der Waals surface area contributed by atoms with Crippen LogP contribution in [0.4, 0.5) is 0 Å². The molecule has 0 aliphatic rings. The number of hydrogen-bond donors (Lipinski definition) is 3. The molecule has 0 aromatic rings. The van der Waals surface area contributed by atoms with E-state index in [9.17, 15) is 4.79 Å². The number of carbonyl (C=O) groups excluding carboxylic acids is 1. The van der Waals surface area contributed by atoms with Gasteiger partial charge < -0.3 is 16.8 Å². The number of carbonyl (C=O) groups is 1. The molecule has 5 N–H and O–H groups in total. The van der Waals surface area contributed by atoms with Gasteiger partial charge in [0.05, 0.1) is 12.2 Å². The summed E-state index contributed by atoms with van der Waals surface area (Å²) in [7, 11) is 3.88. The molecule has 0 aliphatic heterocycles. The van der Waals surface area contributed by atoms with Crippen LogP contribution >= 0.6 is 0 Å². The van der Waals surface area contributed by atoms with Crippen molar-refractivity contribution in [3.63, 3.8) is 0 Å². The zero-order chi connectivity index (χ0) is 12.6. The maximum Gasteiger partial charge on any atom is 0.238 e. The molecular formula is C11H26N4O. The lowest BCUT2D eigenvalue weighted by Gasteiger charge is -2.25. The van der Waals surface area contributed by atoms with Gasteiger partial charge in [-0.05, 0) is 39.9 Å². The molecule has 0 rings (SSSR count). The minimum absolute atomic E-state index is 0.0630. The largest absolute Gasteiger partial charge is 0.339 e. The lowest BCUT2D eigenvalue weighted by Crippen LogP contribution is -2.50. The number of nitrogens with two attached hydrogens (primary N) is 2.